The first kappa shape index (κ1) is 18.8. The normalized spacial score (nSPS) is 14.2. The summed E-state index contributed by atoms with van der Waals surface area (Å²) in [6.07, 6.45) is 0. The maximum absolute atomic E-state index is 12.6. The van der Waals surface area contributed by atoms with Gasteiger partial charge in [-0.2, -0.15) is 0 Å². The van der Waals surface area contributed by atoms with Crippen molar-refractivity contribution in [2.75, 3.05) is 31.1 Å². The number of piperazine rings is 1. The Bertz CT molecular complexity index is 844. The number of nitrogens with one attached hydrogen (secondary N) is 1. The van der Waals surface area contributed by atoms with Crippen LogP contribution in [0.2, 0.25) is 0 Å². The summed E-state index contributed by atoms with van der Waals surface area (Å²) < 4.78 is 0. The van der Waals surface area contributed by atoms with Crippen LogP contribution in [0.15, 0.2) is 30.3 Å². The molecule has 2 aromatic rings. The molecule has 2 amide bonds. The predicted octanol–water partition coefficient (Wildman–Crippen LogP) is 1.69. The van der Waals surface area contributed by atoms with Gasteiger partial charge < -0.3 is 15.1 Å². The van der Waals surface area contributed by atoms with Crippen molar-refractivity contribution < 1.29 is 9.59 Å². The smallest absolute Gasteiger partial charge is 0.270 e. The molecule has 1 N–H and O–H groups in total. The van der Waals surface area contributed by atoms with Gasteiger partial charge in [-0.15, -0.1) is 0 Å². The summed E-state index contributed by atoms with van der Waals surface area (Å²) in [4.78, 5) is 36.7. The van der Waals surface area contributed by atoms with Gasteiger partial charge in [0, 0.05) is 45.7 Å². The zero-order valence-corrected chi connectivity index (χ0v) is 16.0. The van der Waals surface area contributed by atoms with Gasteiger partial charge in [-0.1, -0.05) is 29.8 Å². The van der Waals surface area contributed by atoms with Crippen LogP contribution in [0.1, 0.15) is 34.4 Å². The fraction of sp³-hybridized carbons (Fsp3) is 0.400. The number of carbonyl (C=O) groups excluding carboxylic acids is 2. The molecule has 0 spiro atoms. The molecule has 0 radical (unpaired) electrons. The number of hydrogen-bond acceptors (Lipinski definition) is 5. The highest BCUT2D eigenvalue weighted by Crippen LogP contribution is 2.16. The molecule has 0 unspecified atom stereocenters. The highest BCUT2D eigenvalue weighted by atomic mass is 16.2. The lowest BCUT2D eigenvalue weighted by Crippen LogP contribution is -2.48. The lowest BCUT2D eigenvalue weighted by Gasteiger charge is -2.35. The molecule has 0 saturated carbocycles. The first-order valence-electron chi connectivity index (χ1n) is 9.12. The standard InChI is InChI=1S/C20H25N5O2/c1-14-5-4-6-17(11-14)13-21-20(27)18-12-19(23-15(2)22-18)25-9-7-24(8-10-25)16(3)26/h4-6,11-12H,7-10,13H2,1-3H3,(H,21,27). The summed E-state index contributed by atoms with van der Waals surface area (Å²) in [7, 11) is 0. The van der Waals surface area contributed by atoms with Gasteiger partial charge in [0.15, 0.2) is 0 Å². The van der Waals surface area contributed by atoms with Gasteiger partial charge in [0.25, 0.3) is 5.91 Å². The highest BCUT2D eigenvalue weighted by molar-refractivity contribution is 5.93. The van der Waals surface area contributed by atoms with E-state index >= 15 is 0 Å². The van der Waals surface area contributed by atoms with E-state index < -0.39 is 0 Å². The van der Waals surface area contributed by atoms with Crippen LogP contribution in [0.5, 0.6) is 0 Å². The molecule has 7 heteroatoms. The zero-order valence-electron chi connectivity index (χ0n) is 16.0. The van der Waals surface area contributed by atoms with Crippen molar-refractivity contribution >= 4 is 17.6 Å². The molecule has 142 valence electrons. The fourth-order valence-corrected chi connectivity index (χ4v) is 3.18. The van der Waals surface area contributed by atoms with E-state index in [0.29, 0.717) is 44.2 Å². The summed E-state index contributed by atoms with van der Waals surface area (Å²) in [6.45, 7) is 8.56. The number of aromatic nitrogens is 2. The van der Waals surface area contributed by atoms with E-state index in [0.717, 1.165) is 16.9 Å². The van der Waals surface area contributed by atoms with Crippen molar-refractivity contribution in [3.8, 4) is 0 Å². The van der Waals surface area contributed by atoms with Crippen molar-refractivity contribution in [2.45, 2.75) is 27.3 Å². The molecule has 0 aliphatic carbocycles. The van der Waals surface area contributed by atoms with Gasteiger partial charge in [-0.25, -0.2) is 9.97 Å². The van der Waals surface area contributed by atoms with Gasteiger partial charge in [-0.05, 0) is 19.4 Å². The van der Waals surface area contributed by atoms with Crippen LogP contribution in [0, 0.1) is 13.8 Å². The van der Waals surface area contributed by atoms with E-state index in [2.05, 4.69) is 20.2 Å². The summed E-state index contributed by atoms with van der Waals surface area (Å²) >= 11 is 0. The van der Waals surface area contributed by atoms with Gasteiger partial charge in [-0.3, -0.25) is 9.59 Å². The number of rotatable bonds is 4. The summed E-state index contributed by atoms with van der Waals surface area (Å²) in [5.41, 5.74) is 2.57. The van der Waals surface area contributed by atoms with E-state index in [-0.39, 0.29) is 11.8 Å². The minimum atomic E-state index is -0.217. The van der Waals surface area contributed by atoms with Crippen molar-refractivity contribution in [2.24, 2.45) is 0 Å². The second kappa shape index (κ2) is 8.16. The van der Waals surface area contributed by atoms with Crippen LogP contribution in [-0.4, -0.2) is 52.9 Å². The van der Waals surface area contributed by atoms with Crippen molar-refractivity contribution in [3.05, 3.63) is 53.0 Å². The average Bonchev–Trinajstić information content (AvgIpc) is 2.65. The first-order valence-corrected chi connectivity index (χ1v) is 9.12. The van der Waals surface area contributed by atoms with Crippen LogP contribution >= 0.6 is 0 Å². The van der Waals surface area contributed by atoms with Crippen LogP contribution in [-0.2, 0) is 11.3 Å². The Morgan fingerprint density at radius 1 is 1.07 bits per heavy atom. The molecule has 1 aliphatic rings. The topological polar surface area (TPSA) is 78.4 Å². The lowest BCUT2D eigenvalue weighted by atomic mass is 10.1. The predicted molar refractivity (Wildman–Crippen MR) is 104 cm³/mol. The van der Waals surface area contributed by atoms with Crippen molar-refractivity contribution in [1.29, 1.82) is 0 Å². The summed E-state index contributed by atoms with van der Waals surface area (Å²) in [5, 5.41) is 2.92. The number of hydrogen-bond donors (Lipinski definition) is 1. The summed E-state index contributed by atoms with van der Waals surface area (Å²) in [5.74, 6) is 1.16. The Morgan fingerprint density at radius 3 is 2.48 bits per heavy atom. The second-order valence-corrected chi connectivity index (χ2v) is 6.82. The Morgan fingerprint density at radius 2 is 1.81 bits per heavy atom. The minimum absolute atomic E-state index is 0.0877. The van der Waals surface area contributed by atoms with E-state index in [1.165, 1.54) is 0 Å². The Kier molecular flexibility index (Phi) is 5.69. The zero-order chi connectivity index (χ0) is 19.4. The number of benzene rings is 1. The number of nitrogens with zero attached hydrogens (tertiary/aromatic N) is 4. The third kappa shape index (κ3) is 4.81. The number of anilines is 1. The third-order valence-electron chi connectivity index (χ3n) is 4.64. The van der Waals surface area contributed by atoms with Crippen LogP contribution in [0.25, 0.3) is 0 Å². The molecular formula is C20H25N5O2. The van der Waals surface area contributed by atoms with Gasteiger partial charge in [0.1, 0.15) is 17.3 Å². The molecule has 1 aliphatic heterocycles. The SMILES string of the molecule is CC(=O)N1CCN(c2cc(C(=O)NCc3cccc(C)c3)nc(C)n2)CC1. The first-order chi connectivity index (χ1) is 12.9. The fourth-order valence-electron chi connectivity index (χ4n) is 3.18. The van der Waals surface area contributed by atoms with Crippen LogP contribution < -0.4 is 10.2 Å². The molecule has 3 rings (SSSR count). The molecule has 2 heterocycles. The quantitative estimate of drug-likeness (QED) is 0.890. The monoisotopic (exact) mass is 367 g/mol. The van der Waals surface area contributed by atoms with Crippen molar-refractivity contribution in [3.63, 3.8) is 0 Å². The van der Waals surface area contributed by atoms with E-state index in [9.17, 15) is 9.59 Å². The van der Waals surface area contributed by atoms with E-state index in [1.54, 1.807) is 19.9 Å². The molecule has 1 saturated heterocycles. The Balaban J connectivity index is 1.67. The van der Waals surface area contributed by atoms with E-state index in [1.807, 2.05) is 36.1 Å². The van der Waals surface area contributed by atoms with Gasteiger partial charge in [0.05, 0.1) is 0 Å². The lowest BCUT2D eigenvalue weighted by molar-refractivity contribution is -0.129. The molecule has 1 aromatic heterocycles. The van der Waals surface area contributed by atoms with Gasteiger partial charge >= 0.3 is 0 Å². The molecule has 1 fully saturated rings. The Hall–Kier alpha value is -2.96. The molecule has 7 nitrogen and oxygen atoms in total. The Labute approximate surface area is 159 Å². The van der Waals surface area contributed by atoms with Crippen molar-refractivity contribution in [1.82, 2.24) is 20.2 Å². The number of amides is 2. The largest absolute Gasteiger partial charge is 0.353 e. The summed E-state index contributed by atoms with van der Waals surface area (Å²) in [6, 6.07) is 9.76. The molecular weight excluding hydrogens is 342 g/mol. The molecule has 0 bridgehead atoms. The molecule has 1 aromatic carbocycles. The maximum atomic E-state index is 12.6. The third-order valence-corrected chi connectivity index (χ3v) is 4.64. The highest BCUT2D eigenvalue weighted by Gasteiger charge is 2.21. The average molecular weight is 367 g/mol. The van der Waals surface area contributed by atoms with Crippen LogP contribution in [0.3, 0.4) is 0 Å². The molecule has 27 heavy (non-hydrogen) atoms. The van der Waals surface area contributed by atoms with E-state index in [4.69, 9.17) is 0 Å². The van der Waals surface area contributed by atoms with Gasteiger partial charge in [0.2, 0.25) is 5.91 Å². The number of aryl methyl sites for hydroxylation is 2. The second-order valence-electron chi connectivity index (χ2n) is 6.82. The maximum Gasteiger partial charge on any atom is 0.270 e. The minimum Gasteiger partial charge on any atom is -0.353 e. The number of carbonyl (C=O) groups is 2. The van der Waals surface area contributed by atoms with Crippen LogP contribution in [0.4, 0.5) is 5.82 Å². The molecule has 0 atom stereocenters.